The van der Waals surface area contributed by atoms with Crippen LogP contribution < -0.4 is 14.4 Å². The molecule has 0 N–H and O–H groups in total. The van der Waals surface area contributed by atoms with E-state index in [9.17, 15) is 4.79 Å². The summed E-state index contributed by atoms with van der Waals surface area (Å²) in [5.41, 5.74) is 2.12. The molecule has 0 radical (unpaired) electrons. The van der Waals surface area contributed by atoms with Crippen LogP contribution in [-0.4, -0.2) is 40.1 Å². The first kappa shape index (κ1) is 17.8. The maximum absolute atomic E-state index is 13.1. The van der Waals surface area contributed by atoms with Crippen LogP contribution in [0.5, 0.6) is 11.5 Å². The summed E-state index contributed by atoms with van der Waals surface area (Å²) in [6, 6.07) is 5.19. The molecule has 0 saturated heterocycles. The predicted octanol–water partition coefficient (Wildman–Crippen LogP) is 3.06. The fourth-order valence-electron chi connectivity index (χ4n) is 3.44. The fourth-order valence-corrected chi connectivity index (χ4v) is 3.44. The molecule has 0 bridgehead atoms. The highest BCUT2D eigenvalue weighted by molar-refractivity contribution is 6.11. The lowest BCUT2D eigenvalue weighted by Gasteiger charge is -2.23. The number of carbonyl (C=O) groups excluding carboxylic acids is 1. The summed E-state index contributed by atoms with van der Waals surface area (Å²) in [6.07, 6.45) is 7.25. The third kappa shape index (κ3) is 2.83. The number of rotatable bonds is 5. The van der Waals surface area contributed by atoms with Gasteiger partial charge in [-0.2, -0.15) is 0 Å². The van der Waals surface area contributed by atoms with Gasteiger partial charge in [0, 0.05) is 18.0 Å². The van der Waals surface area contributed by atoms with Crippen LogP contribution in [0.1, 0.15) is 35.3 Å². The second-order valence-electron chi connectivity index (χ2n) is 6.23. The average molecular weight is 377 g/mol. The van der Waals surface area contributed by atoms with Crippen molar-refractivity contribution in [1.82, 2.24) is 19.9 Å². The lowest BCUT2D eigenvalue weighted by molar-refractivity contribution is 0.0990. The summed E-state index contributed by atoms with van der Waals surface area (Å²) in [5.74, 6) is 1.85. The van der Waals surface area contributed by atoms with Gasteiger partial charge in [-0.15, -0.1) is 0 Å². The van der Waals surface area contributed by atoms with Crippen LogP contribution in [0.3, 0.4) is 0 Å². The van der Waals surface area contributed by atoms with Gasteiger partial charge in [0.15, 0.2) is 23.1 Å². The van der Waals surface area contributed by atoms with Gasteiger partial charge in [0.2, 0.25) is 0 Å². The molecule has 8 nitrogen and oxygen atoms in total. The molecule has 3 heterocycles. The Bertz CT molecular complexity index is 1010. The fraction of sp³-hybridized carbons (Fsp3) is 0.250. The number of fused-ring (bicyclic) bond motifs is 1. The molecule has 0 fully saturated rings. The Balaban J connectivity index is 1.72. The number of ether oxygens (including phenoxy) is 2. The van der Waals surface area contributed by atoms with Gasteiger partial charge >= 0.3 is 0 Å². The van der Waals surface area contributed by atoms with Crippen LogP contribution in [0.25, 0.3) is 11.6 Å². The molecule has 0 saturated carbocycles. The van der Waals surface area contributed by atoms with E-state index >= 15 is 0 Å². The van der Waals surface area contributed by atoms with E-state index in [2.05, 4.69) is 19.9 Å². The number of aromatic nitrogens is 4. The number of carbonyl (C=O) groups is 1. The predicted molar refractivity (Wildman–Crippen MR) is 102 cm³/mol. The molecular weight excluding hydrogens is 358 g/mol. The molecule has 2 aromatic heterocycles. The summed E-state index contributed by atoms with van der Waals surface area (Å²) in [7, 11) is 3.13. The van der Waals surface area contributed by atoms with Crippen molar-refractivity contribution in [3.63, 3.8) is 0 Å². The summed E-state index contributed by atoms with van der Waals surface area (Å²) in [5, 5.41) is 0. The van der Waals surface area contributed by atoms with Crippen LogP contribution in [-0.2, 0) is 0 Å². The number of amides is 1. The molecule has 3 aromatic rings. The number of nitrogens with zero attached hydrogens (tertiary/aromatic N) is 5. The number of hydrogen-bond acceptors (Lipinski definition) is 7. The number of hydrogen-bond donors (Lipinski definition) is 0. The smallest absolute Gasteiger partial charge is 0.259 e. The minimum atomic E-state index is -0.135. The van der Waals surface area contributed by atoms with E-state index in [-0.39, 0.29) is 11.9 Å². The highest BCUT2D eigenvalue weighted by Gasteiger charge is 2.38. The van der Waals surface area contributed by atoms with E-state index in [4.69, 9.17) is 9.47 Å². The van der Waals surface area contributed by atoms with E-state index in [0.29, 0.717) is 34.4 Å². The molecule has 1 unspecified atom stereocenters. The average Bonchev–Trinajstić information content (AvgIpc) is 3.04. The Morgan fingerprint density at radius 2 is 1.57 bits per heavy atom. The Labute approximate surface area is 162 Å². The normalized spacial score (nSPS) is 15.5. The van der Waals surface area contributed by atoms with Gasteiger partial charge < -0.3 is 9.47 Å². The summed E-state index contributed by atoms with van der Waals surface area (Å²) in [4.78, 5) is 31.8. The van der Waals surface area contributed by atoms with Crippen LogP contribution in [0.15, 0.2) is 43.0 Å². The molecule has 8 heteroatoms. The Hall–Kier alpha value is -3.55. The van der Waals surface area contributed by atoms with Crippen LogP contribution in [0.2, 0.25) is 0 Å². The van der Waals surface area contributed by atoms with Crippen molar-refractivity contribution in [3.05, 3.63) is 54.1 Å². The minimum Gasteiger partial charge on any atom is -0.493 e. The quantitative estimate of drug-likeness (QED) is 0.675. The van der Waals surface area contributed by atoms with Crippen molar-refractivity contribution in [1.29, 1.82) is 0 Å². The largest absolute Gasteiger partial charge is 0.493 e. The zero-order valence-corrected chi connectivity index (χ0v) is 15.8. The number of methoxy groups -OCH3 is 2. The Morgan fingerprint density at radius 3 is 2.18 bits per heavy atom. The van der Waals surface area contributed by atoms with Crippen molar-refractivity contribution in [2.75, 3.05) is 19.1 Å². The third-order valence-electron chi connectivity index (χ3n) is 4.74. The van der Waals surface area contributed by atoms with Gasteiger partial charge in [-0.25, -0.2) is 19.9 Å². The maximum atomic E-state index is 13.1. The van der Waals surface area contributed by atoms with Gasteiger partial charge in [-0.05, 0) is 30.2 Å². The lowest BCUT2D eigenvalue weighted by Crippen LogP contribution is -2.27. The van der Waals surface area contributed by atoms with Crippen molar-refractivity contribution < 1.29 is 14.3 Å². The molecule has 0 spiro atoms. The monoisotopic (exact) mass is 377 g/mol. The van der Waals surface area contributed by atoms with E-state index in [1.807, 2.05) is 13.0 Å². The van der Waals surface area contributed by atoms with Gasteiger partial charge in [0.1, 0.15) is 0 Å². The third-order valence-corrected chi connectivity index (χ3v) is 4.74. The zero-order chi connectivity index (χ0) is 19.7. The molecule has 1 aliphatic heterocycles. The van der Waals surface area contributed by atoms with E-state index in [1.165, 1.54) is 0 Å². The van der Waals surface area contributed by atoms with Crippen molar-refractivity contribution in [2.45, 2.75) is 19.4 Å². The Morgan fingerprint density at radius 1 is 0.964 bits per heavy atom. The van der Waals surface area contributed by atoms with Gasteiger partial charge in [-0.3, -0.25) is 9.69 Å². The molecule has 1 aliphatic rings. The summed E-state index contributed by atoms with van der Waals surface area (Å²) in [6.45, 7) is 2.03. The highest BCUT2D eigenvalue weighted by atomic mass is 16.5. The molecule has 1 atom stereocenters. The lowest BCUT2D eigenvalue weighted by atomic mass is 10.0. The van der Waals surface area contributed by atoms with Gasteiger partial charge in [0.05, 0.1) is 38.3 Å². The minimum absolute atomic E-state index is 0.116. The SMILES string of the molecule is CCC1c2cc(OC)c(OC)cc2C(=O)N1c1cnc(-c2ncccn2)nc1. The molecule has 1 amide bonds. The number of benzene rings is 1. The zero-order valence-electron chi connectivity index (χ0n) is 15.8. The molecule has 1 aromatic carbocycles. The summed E-state index contributed by atoms with van der Waals surface area (Å²) >= 11 is 0. The highest BCUT2D eigenvalue weighted by Crippen LogP contribution is 2.43. The first-order valence-electron chi connectivity index (χ1n) is 8.86. The van der Waals surface area contributed by atoms with Crippen molar-refractivity contribution in [3.8, 4) is 23.1 Å². The Kier molecular flexibility index (Phi) is 4.60. The molecule has 142 valence electrons. The second kappa shape index (κ2) is 7.22. The topological polar surface area (TPSA) is 90.3 Å². The van der Waals surface area contributed by atoms with Gasteiger partial charge in [-0.1, -0.05) is 6.92 Å². The van der Waals surface area contributed by atoms with E-state index in [1.54, 1.807) is 56.0 Å². The first-order chi connectivity index (χ1) is 13.7. The number of anilines is 1. The van der Waals surface area contributed by atoms with E-state index < -0.39 is 0 Å². The van der Waals surface area contributed by atoms with Crippen molar-refractivity contribution in [2.24, 2.45) is 0 Å². The van der Waals surface area contributed by atoms with Crippen LogP contribution in [0, 0.1) is 0 Å². The first-order valence-corrected chi connectivity index (χ1v) is 8.86. The van der Waals surface area contributed by atoms with Gasteiger partial charge in [0.25, 0.3) is 5.91 Å². The maximum Gasteiger partial charge on any atom is 0.259 e. The molecule has 4 rings (SSSR count). The second-order valence-corrected chi connectivity index (χ2v) is 6.23. The molecular formula is C20H19N5O3. The standard InChI is InChI=1S/C20H19N5O3/c1-4-15-13-8-16(27-2)17(28-3)9-14(13)20(26)25(15)12-10-23-19(24-11-12)18-21-6-5-7-22-18/h5-11,15H,4H2,1-3H3. The van der Waals surface area contributed by atoms with Crippen LogP contribution in [0.4, 0.5) is 5.69 Å². The van der Waals surface area contributed by atoms with Crippen molar-refractivity contribution >= 4 is 11.6 Å². The molecule has 0 aliphatic carbocycles. The molecule has 28 heavy (non-hydrogen) atoms. The summed E-state index contributed by atoms with van der Waals surface area (Å²) < 4.78 is 10.8. The van der Waals surface area contributed by atoms with Crippen LogP contribution >= 0.6 is 0 Å². The van der Waals surface area contributed by atoms with E-state index in [0.717, 1.165) is 12.0 Å².